The maximum Gasteiger partial charge on any atom is 0.327 e. The molecular formula is C16H23NO2. The van der Waals surface area contributed by atoms with Crippen molar-refractivity contribution in [1.82, 2.24) is 5.32 Å². The Bertz CT molecular complexity index is 421. The summed E-state index contributed by atoms with van der Waals surface area (Å²) >= 11 is 0. The van der Waals surface area contributed by atoms with Crippen LogP contribution in [0.2, 0.25) is 0 Å². The summed E-state index contributed by atoms with van der Waals surface area (Å²) in [4.78, 5) is 12.0. The molecule has 1 unspecified atom stereocenters. The summed E-state index contributed by atoms with van der Waals surface area (Å²) in [7, 11) is 0. The first kappa shape index (κ1) is 14.1. The van der Waals surface area contributed by atoms with Gasteiger partial charge < -0.3 is 4.74 Å². The Morgan fingerprint density at radius 1 is 1.26 bits per heavy atom. The minimum atomic E-state index is -0.325. The van der Waals surface area contributed by atoms with Crippen molar-refractivity contribution >= 4 is 5.97 Å². The summed E-state index contributed by atoms with van der Waals surface area (Å²) in [5.41, 5.74) is 2.28. The second kappa shape index (κ2) is 6.20. The first-order chi connectivity index (χ1) is 9.11. The summed E-state index contributed by atoms with van der Waals surface area (Å²) in [5.74, 6) is 0.332. The molecule has 1 aromatic rings. The van der Waals surface area contributed by atoms with E-state index >= 15 is 0 Å². The van der Waals surface area contributed by atoms with Gasteiger partial charge in [0.2, 0.25) is 0 Å². The quantitative estimate of drug-likeness (QED) is 0.799. The average Bonchev–Trinajstić information content (AvgIpc) is 3.20. The highest BCUT2D eigenvalue weighted by Gasteiger charge is 2.30. The summed E-state index contributed by atoms with van der Waals surface area (Å²) in [6, 6.07) is 8.41. The van der Waals surface area contributed by atoms with Crippen molar-refractivity contribution in [1.29, 1.82) is 0 Å². The van der Waals surface area contributed by atoms with Gasteiger partial charge in [-0.05, 0) is 36.8 Å². The van der Waals surface area contributed by atoms with E-state index in [-0.39, 0.29) is 12.0 Å². The topological polar surface area (TPSA) is 38.3 Å². The van der Waals surface area contributed by atoms with Crippen molar-refractivity contribution < 1.29 is 9.53 Å². The van der Waals surface area contributed by atoms with Crippen LogP contribution in [0.4, 0.5) is 0 Å². The Labute approximate surface area is 115 Å². The molecule has 0 amide bonds. The van der Waals surface area contributed by atoms with Crippen molar-refractivity contribution in [2.24, 2.45) is 0 Å². The van der Waals surface area contributed by atoms with Crippen LogP contribution >= 0.6 is 0 Å². The number of benzene rings is 1. The van der Waals surface area contributed by atoms with E-state index in [0.29, 0.717) is 18.6 Å². The normalized spacial score (nSPS) is 16.4. The monoisotopic (exact) mass is 261 g/mol. The molecule has 1 saturated carbocycles. The molecule has 0 bridgehead atoms. The van der Waals surface area contributed by atoms with Crippen LogP contribution in [0.25, 0.3) is 0 Å². The van der Waals surface area contributed by atoms with E-state index in [4.69, 9.17) is 4.74 Å². The number of hydrogen-bond donors (Lipinski definition) is 1. The van der Waals surface area contributed by atoms with Crippen LogP contribution in [-0.4, -0.2) is 18.6 Å². The van der Waals surface area contributed by atoms with Gasteiger partial charge in [0.25, 0.3) is 0 Å². The zero-order valence-electron chi connectivity index (χ0n) is 12.0. The van der Waals surface area contributed by atoms with Crippen molar-refractivity contribution in [2.45, 2.75) is 51.6 Å². The average molecular weight is 261 g/mol. The summed E-state index contributed by atoms with van der Waals surface area (Å²) in [5, 5.41) is 3.37. The van der Waals surface area contributed by atoms with E-state index < -0.39 is 0 Å². The first-order valence-electron chi connectivity index (χ1n) is 7.14. The molecule has 0 aliphatic heterocycles. The molecule has 3 heteroatoms. The number of carbonyl (C=O) groups excluding carboxylic acids is 1. The molecule has 19 heavy (non-hydrogen) atoms. The number of carbonyl (C=O) groups is 1. The van der Waals surface area contributed by atoms with E-state index in [1.54, 1.807) is 0 Å². The van der Waals surface area contributed by atoms with Gasteiger partial charge in [0.15, 0.2) is 0 Å². The fourth-order valence-electron chi connectivity index (χ4n) is 2.09. The number of hydrogen-bond acceptors (Lipinski definition) is 3. The second-order valence-electron chi connectivity index (χ2n) is 5.45. The second-order valence-corrected chi connectivity index (χ2v) is 5.45. The number of ether oxygens (including phenoxy) is 1. The zero-order valence-corrected chi connectivity index (χ0v) is 12.0. The van der Waals surface area contributed by atoms with Crippen molar-refractivity contribution in [3.05, 3.63) is 35.4 Å². The third-order valence-electron chi connectivity index (χ3n) is 3.44. The molecule has 0 aromatic heterocycles. The lowest BCUT2D eigenvalue weighted by Gasteiger charge is -2.18. The van der Waals surface area contributed by atoms with Crippen molar-refractivity contribution in [2.75, 3.05) is 6.61 Å². The van der Waals surface area contributed by atoms with Crippen molar-refractivity contribution in [3.8, 4) is 0 Å². The number of esters is 1. The van der Waals surface area contributed by atoms with E-state index in [1.165, 1.54) is 5.56 Å². The van der Waals surface area contributed by atoms with E-state index in [2.05, 4.69) is 31.3 Å². The molecule has 1 N–H and O–H groups in total. The molecule has 2 rings (SSSR count). The van der Waals surface area contributed by atoms with Crippen LogP contribution < -0.4 is 5.32 Å². The molecule has 1 aliphatic rings. The van der Waals surface area contributed by atoms with Crippen LogP contribution in [0.5, 0.6) is 0 Å². The predicted molar refractivity (Wildman–Crippen MR) is 76.1 cm³/mol. The molecule has 0 spiro atoms. The SMILES string of the molecule is CCOC(=O)C(NC1CC1)c1ccc(C(C)C)cc1. The Balaban J connectivity index is 2.13. The van der Waals surface area contributed by atoms with Gasteiger partial charge >= 0.3 is 5.97 Å². The maximum absolute atomic E-state index is 12.0. The highest BCUT2D eigenvalue weighted by molar-refractivity contribution is 5.77. The standard InChI is InChI=1S/C16H23NO2/c1-4-19-16(18)15(17-14-9-10-14)13-7-5-12(6-8-13)11(2)3/h5-8,11,14-15,17H,4,9-10H2,1-3H3. The van der Waals surface area contributed by atoms with Crippen molar-refractivity contribution in [3.63, 3.8) is 0 Å². The predicted octanol–water partition coefficient (Wildman–Crippen LogP) is 3.17. The first-order valence-corrected chi connectivity index (χ1v) is 7.14. The molecule has 1 aromatic carbocycles. The van der Waals surface area contributed by atoms with Gasteiger partial charge in [-0.2, -0.15) is 0 Å². The fraction of sp³-hybridized carbons (Fsp3) is 0.562. The Hall–Kier alpha value is -1.35. The van der Waals surface area contributed by atoms with Crippen LogP contribution in [-0.2, 0) is 9.53 Å². The van der Waals surface area contributed by atoms with Gasteiger partial charge in [0.1, 0.15) is 6.04 Å². The lowest BCUT2D eigenvalue weighted by atomic mass is 9.99. The number of nitrogens with one attached hydrogen (secondary N) is 1. The third-order valence-corrected chi connectivity index (χ3v) is 3.44. The molecule has 0 heterocycles. The van der Waals surface area contributed by atoms with Crippen LogP contribution in [0, 0.1) is 0 Å². The summed E-state index contributed by atoms with van der Waals surface area (Å²) in [6.07, 6.45) is 2.31. The lowest BCUT2D eigenvalue weighted by molar-refractivity contribution is -0.145. The van der Waals surface area contributed by atoms with E-state index in [1.807, 2.05) is 19.1 Å². The molecular weight excluding hydrogens is 238 g/mol. The highest BCUT2D eigenvalue weighted by atomic mass is 16.5. The highest BCUT2D eigenvalue weighted by Crippen LogP contribution is 2.26. The lowest BCUT2D eigenvalue weighted by Crippen LogP contribution is -2.31. The van der Waals surface area contributed by atoms with E-state index in [0.717, 1.165) is 18.4 Å². The minimum absolute atomic E-state index is 0.174. The third kappa shape index (κ3) is 3.80. The molecule has 0 radical (unpaired) electrons. The van der Waals surface area contributed by atoms with Crippen LogP contribution in [0.3, 0.4) is 0 Å². The Kier molecular flexibility index (Phi) is 4.59. The van der Waals surface area contributed by atoms with Crippen LogP contribution in [0.1, 0.15) is 56.7 Å². The smallest absolute Gasteiger partial charge is 0.327 e. The summed E-state index contributed by atoms with van der Waals surface area (Å²) in [6.45, 7) is 6.60. The Morgan fingerprint density at radius 2 is 1.84 bits per heavy atom. The number of rotatable bonds is 6. The molecule has 104 valence electrons. The van der Waals surface area contributed by atoms with Gasteiger partial charge in [-0.3, -0.25) is 5.32 Å². The molecule has 1 aliphatic carbocycles. The van der Waals surface area contributed by atoms with Gasteiger partial charge in [0, 0.05) is 6.04 Å². The largest absolute Gasteiger partial charge is 0.465 e. The molecule has 0 saturated heterocycles. The summed E-state index contributed by atoms with van der Waals surface area (Å²) < 4.78 is 5.16. The van der Waals surface area contributed by atoms with Gasteiger partial charge in [0.05, 0.1) is 6.61 Å². The molecule has 3 nitrogen and oxygen atoms in total. The Morgan fingerprint density at radius 3 is 2.32 bits per heavy atom. The maximum atomic E-state index is 12.0. The van der Waals surface area contributed by atoms with Gasteiger partial charge in [-0.25, -0.2) is 4.79 Å². The van der Waals surface area contributed by atoms with Gasteiger partial charge in [-0.1, -0.05) is 38.1 Å². The van der Waals surface area contributed by atoms with E-state index in [9.17, 15) is 4.79 Å². The molecule has 1 atom stereocenters. The molecule has 1 fully saturated rings. The van der Waals surface area contributed by atoms with Gasteiger partial charge in [-0.15, -0.1) is 0 Å². The zero-order chi connectivity index (χ0) is 13.8. The minimum Gasteiger partial charge on any atom is -0.465 e. The fourth-order valence-corrected chi connectivity index (χ4v) is 2.09. The van der Waals surface area contributed by atoms with Crippen LogP contribution in [0.15, 0.2) is 24.3 Å².